The van der Waals surface area contributed by atoms with Crippen molar-refractivity contribution in [2.75, 3.05) is 20.7 Å². The molecule has 0 spiro atoms. The minimum atomic E-state index is 0. The van der Waals surface area contributed by atoms with Crippen LogP contribution in [-0.2, 0) is 6.54 Å². The van der Waals surface area contributed by atoms with E-state index in [2.05, 4.69) is 27.5 Å². The van der Waals surface area contributed by atoms with E-state index in [-0.39, 0.29) is 24.0 Å². The minimum absolute atomic E-state index is 0. The highest BCUT2D eigenvalue weighted by Gasteiger charge is 2.04. The SMILES string of the molecule is CCCCCNC(=NC)NCc1cccnc1OC.I. The molecule has 2 N–H and O–H groups in total. The number of guanidine groups is 1. The van der Waals surface area contributed by atoms with Crippen molar-refractivity contribution in [2.24, 2.45) is 4.99 Å². The number of methoxy groups -OCH3 is 1. The largest absolute Gasteiger partial charge is 0.481 e. The summed E-state index contributed by atoms with van der Waals surface area (Å²) in [5.74, 6) is 1.46. The fraction of sp³-hybridized carbons (Fsp3) is 0.571. The smallest absolute Gasteiger partial charge is 0.218 e. The Morgan fingerprint density at radius 3 is 2.80 bits per heavy atom. The van der Waals surface area contributed by atoms with E-state index in [1.54, 1.807) is 20.4 Å². The lowest BCUT2D eigenvalue weighted by atomic mass is 10.2. The first-order valence-corrected chi connectivity index (χ1v) is 6.74. The van der Waals surface area contributed by atoms with Gasteiger partial charge in [0.1, 0.15) is 0 Å². The third kappa shape index (κ3) is 6.93. The molecule has 0 fully saturated rings. The molecule has 1 aromatic rings. The topological polar surface area (TPSA) is 58.5 Å². The average molecular weight is 392 g/mol. The summed E-state index contributed by atoms with van der Waals surface area (Å²) in [4.78, 5) is 8.35. The predicted octanol–water partition coefficient (Wildman–Crippen LogP) is 2.56. The van der Waals surface area contributed by atoms with Gasteiger partial charge in [0.25, 0.3) is 0 Å². The van der Waals surface area contributed by atoms with Gasteiger partial charge in [0.15, 0.2) is 5.96 Å². The van der Waals surface area contributed by atoms with Crippen LogP contribution in [0.4, 0.5) is 0 Å². The summed E-state index contributed by atoms with van der Waals surface area (Å²) >= 11 is 0. The van der Waals surface area contributed by atoms with E-state index in [1.807, 2.05) is 12.1 Å². The average Bonchev–Trinajstić information content (AvgIpc) is 2.47. The Kier molecular flexibility index (Phi) is 11.1. The molecule has 0 aliphatic rings. The molecule has 0 radical (unpaired) electrons. The molecule has 20 heavy (non-hydrogen) atoms. The molecule has 0 amide bonds. The van der Waals surface area contributed by atoms with Crippen molar-refractivity contribution in [1.82, 2.24) is 15.6 Å². The van der Waals surface area contributed by atoms with Crippen molar-refractivity contribution in [3.63, 3.8) is 0 Å². The number of hydrogen-bond donors (Lipinski definition) is 2. The summed E-state index contributed by atoms with van der Waals surface area (Å²) in [6, 6.07) is 3.89. The third-order valence-electron chi connectivity index (χ3n) is 2.79. The summed E-state index contributed by atoms with van der Waals surface area (Å²) < 4.78 is 5.21. The van der Waals surface area contributed by atoms with Crippen molar-refractivity contribution in [3.05, 3.63) is 23.9 Å². The van der Waals surface area contributed by atoms with Gasteiger partial charge in [-0.05, 0) is 12.5 Å². The van der Waals surface area contributed by atoms with Crippen LogP contribution in [0.1, 0.15) is 31.7 Å². The van der Waals surface area contributed by atoms with Gasteiger partial charge in [-0.25, -0.2) is 4.98 Å². The van der Waals surface area contributed by atoms with E-state index in [0.29, 0.717) is 12.4 Å². The van der Waals surface area contributed by atoms with Crippen molar-refractivity contribution >= 4 is 29.9 Å². The number of aliphatic imine (C=N–C) groups is 1. The summed E-state index contributed by atoms with van der Waals surface area (Å²) in [5, 5.41) is 6.55. The molecule has 5 nitrogen and oxygen atoms in total. The summed E-state index contributed by atoms with van der Waals surface area (Å²) in [7, 11) is 3.40. The molecule has 6 heteroatoms. The van der Waals surface area contributed by atoms with Crippen LogP contribution in [0.5, 0.6) is 5.88 Å². The van der Waals surface area contributed by atoms with Gasteiger partial charge in [-0.2, -0.15) is 0 Å². The van der Waals surface area contributed by atoms with Gasteiger partial charge in [-0.15, -0.1) is 24.0 Å². The van der Waals surface area contributed by atoms with Crippen LogP contribution >= 0.6 is 24.0 Å². The minimum Gasteiger partial charge on any atom is -0.481 e. The molecule has 0 aliphatic carbocycles. The number of halogens is 1. The molecule has 0 saturated carbocycles. The Labute approximate surface area is 138 Å². The second-order valence-corrected chi connectivity index (χ2v) is 4.23. The van der Waals surface area contributed by atoms with Crippen LogP contribution in [0.25, 0.3) is 0 Å². The van der Waals surface area contributed by atoms with E-state index >= 15 is 0 Å². The van der Waals surface area contributed by atoms with Crippen LogP contribution in [0.3, 0.4) is 0 Å². The Morgan fingerprint density at radius 1 is 1.35 bits per heavy atom. The number of ether oxygens (including phenoxy) is 1. The van der Waals surface area contributed by atoms with Crippen LogP contribution in [0.15, 0.2) is 23.3 Å². The van der Waals surface area contributed by atoms with E-state index in [9.17, 15) is 0 Å². The highest BCUT2D eigenvalue weighted by Crippen LogP contribution is 2.12. The first-order valence-electron chi connectivity index (χ1n) is 6.74. The zero-order valence-electron chi connectivity index (χ0n) is 12.5. The third-order valence-corrected chi connectivity index (χ3v) is 2.79. The summed E-state index contributed by atoms with van der Waals surface area (Å²) in [5.41, 5.74) is 1.02. The Hall–Kier alpha value is -1.05. The molecule has 0 saturated heterocycles. The van der Waals surface area contributed by atoms with Crippen LogP contribution in [-0.4, -0.2) is 31.6 Å². The molecule has 0 unspecified atom stereocenters. The number of pyridine rings is 1. The Bertz CT molecular complexity index is 399. The van der Waals surface area contributed by atoms with Gasteiger partial charge in [-0.1, -0.05) is 25.8 Å². The maximum atomic E-state index is 5.21. The van der Waals surface area contributed by atoms with Crippen molar-refractivity contribution in [2.45, 2.75) is 32.7 Å². The van der Waals surface area contributed by atoms with Crippen molar-refractivity contribution < 1.29 is 4.74 Å². The molecule has 1 heterocycles. The van der Waals surface area contributed by atoms with Crippen molar-refractivity contribution in [3.8, 4) is 5.88 Å². The molecule has 1 aromatic heterocycles. The van der Waals surface area contributed by atoms with Gasteiger partial charge >= 0.3 is 0 Å². The zero-order valence-corrected chi connectivity index (χ0v) is 14.8. The van der Waals surface area contributed by atoms with Crippen LogP contribution in [0, 0.1) is 0 Å². The molecule has 114 valence electrons. The quantitative estimate of drug-likeness (QED) is 0.324. The van der Waals surface area contributed by atoms with Crippen LogP contribution < -0.4 is 15.4 Å². The number of nitrogens with one attached hydrogen (secondary N) is 2. The fourth-order valence-electron chi connectivity index (χ4n) is 1.72. The van der Waals surface area contributed by atoms with E-state index in [1.165, 1.54) is 12.8 Å². The molecule has 0 atom stereocenters. The van der Waals surface area contributed by atoms with E-state index < -0.39 is 0 Å². The monoisotopic (exact) mass is 392 g/mol. The predicted molar refractivity (Wildman–Crippen MR) is 93.9 cm³/mol. The number of aromatic nitrogens is 1. The van der Waals surface area contributed by atoms with E-state index in [0.717, 1.165) is 24.5 Å². The maximum absolute atomic E-state index is 5.21. The maximum Gasteiger partial charge on any atom is 0.218 e. The second-order valence-electron chi connectivity index (χ2n) is 4.23. The van der Waals surface area contributed by atoms with Gasteiger partial charge in [0.05, 0.1) is 7.11 Å². The Balaban J connectivity index is 0.00000361. The highest BCUT2D eigenvalue weighted by atomic mass is 127. The molecule has 0 aliphatic heterocycles. The molecule has 0 bridgehead atoms. The number of unbranched alkanes of at least 4 members (excludes halogenated alkanes) is 2. The van der Waals surface area contributed by atoms with Crippen LogP contribution in [0.2, 0.25) is 0 Å². The fourth-order valence-corrected chi connectivity index (χ4v) is 1.72. The molecule has 0 aromatic carbocycles. The van der Waals surface area contributed by atoms with Gasteiger partial charge < -0.3 is 15.4 Å². The Morgan fingerprint density at radius 2 is 2.15 bits per heavy atom. The normalized spacial score (nSPS) is 10.7. The zero-order chi connectivity index (χ0) is 13.9. The first-order chi connectivity index (χ1) is 9.31. The van der Waals surface area contributed by atoms with Crippen molar-refractivity contribution in [1.29, 1.82) is 0 Å². The lowest BCUT2D eigenvalue weighted by molar-refractivity contribution is 0.392. The first kappa shape index (κ1) is 18.9. The second kappa shape index (κ2) is 11.7. The standard InChI is InChI=1S/C14H24N4O.HI/c1-4-5-6-9-17-14(15-2)18-11-12-8-7-10-16-13(12)19-3;/h7-8,10H,4-6,9,11H2,1-3H3,(H2,15,17,18);1H. The van der Waals surface area contributed by atoms with E-state index in [4.69, 9.17) is 4.74 Å². The molecule has 1 rings (SSSR count). The number of nitrogens with zero attached hydrogens (tertiary/aromatic N) is 2. The number of rotatable bonds is 7. The lowest BCUT2D eigenvalue weighted by Crippen LogP contribution is -2.37. The van der Waals surface area contributed by atoms with Gasteiger partial charge in [-0.3, -0.25) is 4.99 Å². The van der Waals surface area contributed by atoms with Gasteiger partial charge in [0, 0.05) is 31.9 Å². The summed E-state index contributed by atoms with van der Waals surface area (Å²) in [6.45, 7) is 3.78. The molecular weight excluding hydrogens is 367 g/mol. The lowest BCUT2D eigenvalue weighted by Gasteiger charge is -2.12. The van der Waals surface area contributed by atoms with Gasteiger partial charge in [0.2, 0.25) is 5.88 Å². The number of hydrogen-bond acceptors (Lipinski definition) is 3. The molecular formula is C14H25IN4O. The summed E-state index contributed by atoms with van der Waals surface area (Å²) in [6.07, 6.45) is 5.34. The highest BCUT2D eigenvalue weighted by molar-refractivity contribution is 14.0.